The van der Waals surface area contributed by atoms with Crippen molar-refractivity contribution < 1.29 is 14.3 Å². The standard InChI is InChI=1S/C20H21ClN2O3S/c1-13-17(14-5-3-2-4-6-14)26-20(25)23(13)15-7-10-22(11-8-15)19(24)18-16(21)9-12-27-18/h2-6,9,12-13,15,17H,7-8,10-11H2,1H3. The van der Waals surface area contributed by atoms with E-state index >= 15 is 0 Å². The fourth-order valence-electron chi connectivity index (χ4n) is 3.99. The Morgan fingerprint density at radius 2 is 1.89 bits per heavy atom. The van der Waals surface area contributed by atoms with Gasteiger partial charge in [0.25, 0.3) is 5.91 Å². The highest BCUT2D eigenvalue weighted by atomic mass is 35.5. The molecule has 2 saturated heterocycles. The first-order chi connectivity index (χ1) is 13.1. The summed E-state index contributed by atoms with van der Waals surface area (Å²) in [6, 6.07) is 11.7. The molecule has 0 aliphatic carbocycles. The lowest BCUT2D eigenvalue weighted by Crippen LogP contribution is -2.49. The summed E-state index contributed by atoms with van der Waals surface area (Å²) < 4.78 is 5.67. The van der Waals surface area contributed by atoms with Crippen molar-refractivity contribution in [3.63, 3.8) is 0 Å². The van der Waals surface area contributed by atoms with Crippen LogP contribution >= 0.6 is 22.9 Å². The largest absolute Gasteiger partial charge is 0.439 e. The lowest BCUT2D eigenvalue weighted by Gasteiger charge is -2.37. The molecule has 2 aromatic rings. The molecule has 0 N–H and O–H groups in total. The second kappa shape index (κ2) is 7.52. The minimum absolute atomic E-state index is 0.0207. The average molecular weight is 405 g/mol. The molecule has 142 valence electrons. The van der Waals surface area contributed by atoms with Crippen molar-refractivity contribution >= 4 is 34.9 Å². The van der Waals surface area contributed by atoms with Crippen molar-refractivity contribution in [3.8, 4) is 0 Å². The normalized spacial score (nSPS) is 23.6. The van der Waals surface area contributed by atoms with Crippen molar-refractivity contribution in [2.75, 3.05) is 13.1 Å². The number of halogens is 1. The molecule has 2 atom stereocenters. The number of cyclic esters (lactones) is 1. The van der Waals surface area contributed by atoms with Gasteiger partial charge < -0.3 is 9.64 Å². The quantitative estimate of drug-likeness (QED) is 0.751. The minimum Gasteiger partial charge on any atom is -0.439 e. The fraction of sp³-hybridized carbons (Fsp3) is 0.400. The van der Waals surface area contributed by atoms with Crippen LogP contribution in [0, 0.1) is 0 Å². The van der Waals surface area contributed by atoms with E-state index in [4.69, 9.17) is 16.3 Å². The smallest absolute Gasteiger partial charge is 0.411 e. The number of carbonyl (C=O) groups is 2. The Hall–Kier alpha value is -2.05. The van der Waals surface area contributed by atoms with E-state index in [1.165, 1.54) is 11.3 Å². The number of carbonyl (C=O) groups excluding carboxylic acids is 2. The Morgan fingerprint density at radius 3 is 2.52 bits per heavy atom. The number of hydrogen-bond acceptors (Lipinski definition) is 4. The first-order valence-corrected chi connectivity index (χ1v) is 10.4. The van der Waals surface area contributed by atoms with Gasteiger partial charge in [0.05, 0.1) is 11.1 Å². The highest BCUT2D eigenvalue weighted by molar-refractivity contribution is 7.12. The second-order valence-corrected chi connectivity index (χ2v) is 8.31. The highest BCUT2D eigenvalue weighted by Gasteiger charge is 2.44. The van der Waals surface area contributed by atoms with Crippen molar-refractivity contribution in [1.82, 2.24) is 9.80 Å². The summed E-state index contributed by atoms with van der Waals surface area (Å²) in [5, 5.41) is 2.34. The zero-order valence-corrected chi connectivity index (χ0v) is 16.6. The molecule has 0 bridgehead atoms. The maximum atomic E-state index is 12.6. The SMILES string of the molecule is CC1C(c2ccccc2)OC(=O)N1C1CCN(C(=O)c2sccc2Cl)CC1. The van der Waals surface area contributed by atoms with Crippen LogP contribution in [0.15, 0.2) is 41.8 Å². The lowest BCUT2D eigenvalue weighted by molar-refractivity contribution is 0.0645. The van der Waals surface area contributed by atoms with Gasteiger partial charge in [0.1, 0.15) is 11.0 Å². The first kappa shape index (κ1) is 18.3. The van der Waals surface area contributed by atoms with E-state index < -0.39 is 0 Å². The van der Waals surface area contributed by atoms with Crippen LogP contribution in [0.1, 0.15) is 41.1 Å². The third-order valence-electron chi connectivity index (χ3n) is 5.40. The molecule has 0 saturated carbocycles. The molecule has 5 nitrogen and oxygen atoms in total. The Morgan fingerprint density at radius 1 is 1.19 bits per heavy atom. The van der Waals surface area contributed by atoms with E-state index in [-0.39, 0.29) is 30.2 Å². The number of nitrogens with zero attached hydrogens (tertiary/aromatic N) is 2. The fourth-order valence-corrected chi connectivity index (χ4v) is 5.09. The molecular weight excluding hydrogens is 384 g/mol. The Balaban J connectivity index is 1.41. The van der Waals surface area contributed by atoms with Gasteiger partial charge in [0, 0.05) is 19.1 Å². The summed E-state index contributed by atoms with van der Waals surface area (Å²) in [7, 11) is 0. The number of benzene rings is 1. The number of amides is 2. The summed E-state index contributed by atoms with van der Waals surface area (Å²) in [6.07, 6.45) is 0.983. The number of piperidine rings is 1. The predicted molar refractivity (Wildman–Crippen MR) is 105 cm³/mol. The third kappa shape index (κ3) is 3.44. The number of likely N-dealkylation sites (tertiary alicyclic amines) is 1. The molecule has 2 unspecified atom stereocenters. The van der Waals surface area contributed by atoms with E-state index in [1.54, 1.807) is 6.07 Å². The topological polar surface area (TPSA) is 49.9 Å². The summed E-state index contributed by atoms with van der Waals surface area (Å²) in [5.41, 5.74) is 1.01. The van der Waals surface area contributed by atoms with Gasteiger partial charge in [-0.3, -0.25) is 9.69 Å². The van der Waals surface area contributed by atoms with Gasteiger partial charge in [0.15, 0.2) is 0 Å². The molecule has 2 aliphatic heterocycles. The number of thiophene rings is 1. The Kier molecular flexibility index (Phi) is 5.10. The second-order valence-electron chi connectivity index (χ2n) is 6.98. The van der Waals surface area contributed by atoms with Crippen LogP contribution in [-0.4, -0.2) is 47.0 Å². The summed E-state index contributed by atoms with van der Waals surface area (Å²) in [5.74, 6) is -0.0207. The van der Waals surface area contributed by atoms with Crippen molar-refractivity contribution in [2.24, 2.45) is 0 Å². The number of rotatable bonds is 3. The van der Waals surface area contributed by atoms with E-state index in [0.717, 1.165) is 18.4 Å². The lowest BCUT2D eigenvalue weighted by atomic mass is 9.98. The van der Waals surface area contributed by atoms with Gasteiger partial charge >= 0.3 is 6.09 Å². The van der Waals surface area contributed by atoms with Gasteiger partial charge in [-0.2, -0.15) is 0 Å². The third-order valence-corrected chi connectivity index (χ3v) is 6.73. The molecule has 7 heteroatoms. The van der Waals surface area contributed by atoms with Gasteiger partial charge in [-0.15, -0.1) is 11.3 Å². The van der Waals surface area contributed by atoms with Crippen molar-refractivity contribution in [3.05, 3.63) is 57.2 Å². The number of ether oxygens (including phenoxy) is 1. The molecule has 27 heavy (non-hydrogen) atoms. The van der Waals surface area contributed by atoms with Gasteiger partial charge in [-0.25, -0.2) is 4.79 Å². The Labute approximate surface area is 167 Å². The summed E-state index contributed by atoms with van der Waals surface area (Å²) in [6.45, 7) is 3.26. The van der Waals surface area contributed by atoms with Crippen LogP contribution in [0.2, 0.25) is 5.02 Å². The Bertz CT molecular complexity index is 833. The highest BCUT2D eigenvalue weighted by Crippen LogP contribution is 2.36. The van der Waals surface area contributed by atoms with E-state index in [0.29, 0.717) is 23.0 Å². The maximum absolute atomic E-state index is 12.6. The van der Waals surface area contributed by atoms with Gasteiger partial charge in [0.2, 0.25) is 0 Å². The van der Waals surface area contributed by atoms with E-state index in [2.05, 4.69) is 0 Å². The molecule has 1 aromatic carbocycles. The predicted octanol–water partition coefficient (Wildman–Crippen LogP) is 4.59. The molecule has 2 aliphatic rings. The van der Waals surface area contributed by atoms with Crippen LogP contribution in [0.3, 0.4) is 0 Å². The first-order valence-electron chi connectivity index (χ1n) is 9.12. The number of hydrogen-bond donors (Lipinski definition) is 0. The molecule has 4 rings (SSSR count). The molecule has 0 spiro atoms. The van der Waals surface area contributed by atoms with Crippen LogP contribution in [0.4, 0.5) is 4.79 Å². The summed E-state index contributed by atoms with van der Waals surface area (Å²) >= 11 is 7.46. The minimum atomic E-state index is -0.262. The summed E-state index contributed by atoms with van der Waals surface area (Å²) in [4.78, 5) is 29.4. The van der Waals surface area contributed by atoms with Crippen molar-refractivity contribution in [1.29, 1.82) is 0 Å². The van der Waals surface area contributed by atoms with Crippen LogP contribution in [0.25, 0.3) is 0 Å². The van der Waals surface area contributed by atoms with Crippen LogP contribution in [0.5, 0.6) is 0 Å². The van der Waals surface area contributed by atoms with Gasteiger partial charge in [-0.05, 0) is 36.8 Å². The van der Waals surface area contributed by atoms with Gasteiger partial charge in [-0.1, -0.05) is 41.9 Å². The molecule has 2 amide bonds. The zero-order valence-electron chi connectivity index (χ0n) is 15.0. The van der Waals surface area contributed by atoms with Crippen LogP contribution < -0.4 is 0 Å². The molecule has 0 radical (unpaired) electrons. The maximum Gasteiger partial charge on any atom is 0.411 e. The van der Waals surface area contributed by atoms with Crippen LogP contribution in [-0.2, 0) is 4.74 Å². The van der Waals surface area contributed by atoms with E-state index in [9.17, 15) is 9.59 Å². The zero-order chi connectivity index (χ0) is 19.0. The molecule has 2 fully saturated rings. The molecule has 3 heterocycles. The molecular formula is C20H21ClN2O3S. The molecule has 1 aromatic heterocycles. The average Bonchev–Trinajstić information content (AvgIpc) is 3.25. The van der Waals surface area contributed by atoms with Crippen molar-refractivity contribution in [2.45, 2.75) is 38.0 Å². The monoisotopic (exact) mass is 404 g/mol. The van der Waals surface area contributed by atoms with E-state index in [1.807, 2.05) is 52.4 Å².